The van der Waals surface area contributed by atoms with Gasteiger partial charge >= 0.3 is 0 Å². The van der Waals surface area contributed by atoms with E-state index in [1.54, 1.807) is 29.2 Å². The van der Waals surface area contributed by atoms with Crippen molar-refractivity contribution in [2.75, 3.05) is 13.2 Å². The first kappa shape index (κ1) is 14.7. The number of aliphatic hydroxyl groups excluding tert-OH is 1. The molecule has 0 aromatic carbocycles. The minimum Gasteiger partial charge on any atom is -0.395 e. The summed E-state index contributed by atoms with van der Waals surface area (Å²) in [6, 6.07) is 3.34. The molecule has 0 fully saturated rings. The number of rotatable bonds is 5. The molecule has 108 valence electrons. The molecule has 21 heavy (non-hydrogen) atoms. The Kier molecular flexibility index (Phi) is 5.43. The second kappa shape index (κ2) is 7.77. The molecule has 0 saturated carbocycles. The van der Waals surface area contributed by atoms with Gasteiger partial charge < -0.3 is 10.4 Å². The molecule has 0 saturated heterocycles. The Labute approximate surface area is 122 Å². The predicted octanol–water partition coefficient (Wildman–Crippen LogP) is -0.163. The predicted molar refractivity (Wildman–Crippen MR) is 75.2 cm³/mol. The third-order valence-electron chi connectivity index (χ3n) is 2.56. The zero-order chi connectivity index (χ0) is 14.9. The average Bonchev–Trinajstić information content (AvgIpc) is 3.01. The molecule has 2 aromatic rings. The second-order valence-corrected chi connectivity index (χ2v) is 4.13. The van der Waals surface area contributed by atoms with Crippen LogP contribution >= 0.6 is 0 Å². The van der Waals surface area contributed by atoms with Crippen LogP contribution in [0.3, 0.4) is 0 Å². The van der Waals surface area contributed by atoms with Crippen LogP contribution in [0.2, 0.25) is 0 Å². The molecule has 2 aromatic heterocycles. The number of aromatic nitrogens is 4. The highest BCUT2D eigenvalue weighted by Crippen LogP contribution is 1.99. The van der Waals surface area contributed by atoms with E-state index in [4.69, 9.17) is 5.11 Å². The van der Waals surface area contributed by atoms with E-state index in [-0.39, 0.29) is 12.5 Å². The van der Waals surface area contributed by atoms with Gasteiger partial charge in [-0.1, -0.05) is 17.1 Å². The number of hydrogen-bond acceptors (Lipinski definition) is 5. The Morgan fingerprint density at radius 3 is 3.00 bits per heavy atom. The van der Waals surface area contributed by atoms with Gasteiger partial charge in [0.2, 0.25) is 0 Å². The maximum absolute atomic E-state index is 11.9. The summed E-state index contributed by atoms with van der Waals surface area (Å²) >= 11 is 0. The first-order valence-corrected chi connectivity index (χ1v) is 6.47. The molecule has 1 amide bonds. The standard InChI is InChI=1S/C14H15N5O2/c20-10-2-1-3-12-4-5-13(16-11-12)14(21)15-6-8-19-9-7-17-18-19/h4-5,7,9,11,20H,2,6,8,10H2,(H,15,21). The van der Waals surface area contributed by atoms with Crippen molar-refractivity contribution in [2.45, 2.75) is 13.0 Å². The van der Waals surface area contributed by atoms with Crippen LogP contribution in [0.15, 0.2) is 30.7 Å². The highest BCUT2D eigenvalue weighted by molar-refractivity contribution is 5.92. The summed E-state index contributed by atoms with van der Waals surface area (Å²) in [7, 11) is 0. The van der Waals surface area contributed by atoms with Crippen molar-refractivity contribution in [2.24, 2.45) is 0 Å². The molecule has 2 rings (SSSR count). The largest absolute Gasteiger partial charge is 0.395 e. The smallest absolute Gasteiger partial charge is 0.269 e. The van der Waals surface area contributed by atoms with Gasteiger partial charge in [-0.25, -0.2) is 4.98 Å². The van der Waals surface area contributed by atoms with Crippen LogP contribution in [0.1, 0.15) is 22.5 Å². The molecule has 0 aliphatic carbocycles. The van der Waals surface area contributed by atoms with Crippen LogP contribution in [0.4, 0.5) is 0 Å². The molecule has 0 spiro atoms. The molecule has 7 heteroatoms. The van der Waals surface area contributed by atoms with E-state index in [0.717, 1.165) is 0 Å². The third-order valence-corrected chi connectivity index (χ3v) is 2.56. The van der Waals surface area contributed by atoms with Crippen molar-refractivity contribution in [3.63, 3.8) is 0 Å². The maximum atomic E-state index is 11.9. The van der Waals surface area contributed by atoms with E-state index in [2.05, 4.69) is 32.5 Å². The van der Waals surface area contributed by atoms with Gasteiger partial charge in [0, 0.05) is 30.9 Å². The van der Waals surface area contributed by atoms with E-state index in [0.29, 0.717) is 30.8 Å². The highest BCUT2D eigenvalue weighted by atomic mass is 16.2. The van der Waals surface area contributed by atoms with E-state index in [9.17, 15) is 4.79 Å². The van der Waals surface area contributed by atoms with Crippen LogP contribution in [-0.4, -0.2) is 44.1 Å². The van der Waals surface area contributed by atoms with E-state index in [1.165, 1.54) is 6.20 Å². The summed E-state index contributed by atoms with van der Waals surface area (Å²) < 4.78 is 1.63. The Hall–Kier alpha value is -2.72. The summed E-state index contributed by atoms with van der Waals surface area (Å²) in [5.74, 6) is 5.40. The van der Waals surface area contributed by atoms with Gasteiger partial charge in [0.25, 0.3) is 5.91 Å². The van der Waals surface area contributed by atoms with Crippen molar-refractivity contribution < 1.29 is 9.90 Å². The van der Waals surface area contributed by atoms with Gasteiger partial charge in [-0.3, -0.25) is 9.48 Å². The zero-order valence-electron chi connectivity index (χ0n) is 11.4. The maximum Gasteiger partial charge on any atom is 0.269 e. The highest BCUT2D eigenvalue weighted by Gasteiger charge is 2.05. The normalized spacial score (nSPS) is 9.76. The number of nitrogens with zero attached hydrogens (tertiary/aromatic N) is 4. The quantitative estimate of drug-likeness (QED) is 0.744. The molecule has 0 unspecified atom stereocenters. The molecular weight excluding hydrogens is 270 g/mol. The number of carbonyl (C=O) groups is 1. The van der Waals surface area contributed by atoms with Gasteiger partial charge in [0.1, 0.15) is 5.69 Å². The molecule has 0 aliphatic rings. The van der Waals surface area contributed by atoms with E-state index < -0.39 is 0 Å². The molecule has 7 nitrogen and oxygen atoms in total. The summed E-state index contributed by atoms with van der Waals surface area (Å²) in [6.45, 7) is 1.03. The summed E-state index contributed by atoms with van der Waals surface area (Å²) in [5.41, 5.74) is 1.05. The summed E-state index contributed by atoms with van der Waals surface area (Å²) in [4.78, 5) is 15.9. The minimum absolute atomic E-state index is 0.0344. The van der Waals surface area contributed by atoms with Crippen molar-refractivity contribution in [1.82, 2.24) is 25.3 Å². The number of pyridine rings is 1. The summed E-state index contributed by atoms with van der Waals surface area (Å²) in [5, 5.41) is 18.9. The van der Waals surface area contributed by atoms with Gasteiger partial charge in [-0.05, 0) is 12.1 Å². The third kappa shape index (κ3) is 4.71. The Morgan fingerprint density at radius 1 is 1.43 bits per heavy atom. The fourth-order valence-electron chi connectivity index (χ4n) is 1.55. The Morgan fingerprint density at radius 2 is 2.33 bits per heavy atom. The second-order valence-electron chi connectivity index (χ2n) is 4.13. The molecular formula is C14H15N5O2. The van der Waals surface area contributed by atoms with Crippen LogP contribution in [0.5, 0.6) is 0 Å². The molecule has 0 aliphatic heterocycles. The van der Waals surface area contributed by atoms with Crippen molar-refractivity contribution >= 4 is 5.91 Å². The van der Waals surface area contributed by atoms with Crippen LogP contribution < -0.4 is 5.32 Å². The number of aliphatic hydroxyl groups is 1. The SMILES string of the molecule is O=C(NCCn1ccnn1)c1ccc(C#CCCO)cn1. The molecule has 2 heterocycles. The lowest BCUT2D eigenvalue weighted by Gasteiger charge is -2.04. The Bertz CT molecular complexity index is 626. The number of nitrogens with one attached hydrogen (secondary N) is 1. The van der Waals surface area contributed by atoms with E-state index >= 15 is 0 Å². The molecule has 0 atom stereocenters. The molecule has 0 radical (unpaired) electrons. The van der Waals surface area contributed by atoms with Crippen LogP contribution in [-0.2, 0) is 6.54 Å². The number of hydrogen-bond donors (Lipinski definition) is 2. The lowest BCUT2D eigenvalue weighted by molar-refractivity contribution is 0.0947. The topological polar surface area (TPSA) is 92.9 Å². The fraction of sp³-hybridized carbons (Fsp3) is 0.286. The van der Waals surface area contributed by atoms with Crippen molar-refractivity contribution in [1.29, 1.82) is 0 Å². The van der Waals surface area contributed by atoms with Crippen LogP contribution in [0, 0.1) is 11.8 Å². The molecule has 0 bridgehead atoms. The first-order chi connectivity index (χ1) is 10.3. The minimum atomic E-state index is -0.245. The lowest BCUT2D eigenvalue weighted by atomic mass is 10.2. The van der Waals surface area contributed by atoms with Gasteiger partial charge in [-0.2, -0.15) is 0 Å². The average molecular weight is 285 g/mol. The molecule has 2 N–H and O–H groups in total. The van der Waals surface area contributed by atoms with Crippen LogP contribution in [0.25, 0.3) is 0 Å². The van der Waals surface area contributed by atoms with Gasteiger partial charge in [0.05, 0.1) is 19.3 Å². The Balaban J connectivity index is 1.83. The monoisotopic (exact) mass is 285 g/mol. The number of carbonyl (C=O) groups excluding carboxylic acids is 1. The lowest BCUT2D eigenvalue weighted by Crippen LogP contribution is -2.28. The first-order valence-electron chi connectivity index (χ1n) is 6.47. The van der Waals surface area contributed by atoms with Crippen molar-refractivity contribution in [3.8, 4) is 11.8 Å². The van der Waals surface area contributed by atoms with Gasteiger partial charge in [-0.15, -0.1) is 5.10 Å². The summed E-state index contributed by atoms with van der Waals surface area (Å²) in [6.07, 6.45) is 5.27. The van der Waals surface area contributed by atoms with Crippen molar-refractivity contribution in [3.05, 3.63) is 42.0 Å². The van der Waals surface area contributed by atoms with E-state index in [1.807, 2.05) is 0 Å². The van der Waals surface area contributed by atoms with Gasteiger partial charge in [0.15, 0.2) is 0 Å². The number of amides is 1. The fourth-order valence-corrected chi connectivity index (χ4v) is 1.55. The zero-order valence-corrected chi connectivity index (χ0v) is 11.4.